The summed E-state index contributed by atoms with van der Waals surface area (Å²) in [7, 11) is 0. The minimum atomic E-state index is -1.14. The molecule has 0 bridgehead atoms. The summed E-state index contributed by atoms with van der Waals surface area (Å²) in [6.45, 7) is 0. The molecule has 0 aliphatic heterocycles. The Hall–Kier alpha value is -1.91. The lowest BCUT2D eigenvalue weighted by molar-refractivity contribution is 0.192. The molecule has 1 N–H and O–H groups in total. The monoisotopic (exact) mass is 294 g/mol. The van der Waals surface area contributed by atoms with E-state index in [-0.39, 0.29) is 16.4 Å². The molecule has 2 aromatic carbocycles. The molecular formula is C15H9ClF2O2. The van der Waals surface area contributed by atoms with Gasteiger partial charge in [0.15, 0.2) is 11.4 Å². The van der Waals surface area contributed by atoms with E-state index in [2.05, 4.69) is 0 Å². The zero-order valence-corrected chi connectivity index (χ0v) is 10.9. The van der Waals surface area contributed by atoms with E-state index < -0.39 is 17.7 Å². The fourth-order valence-corrected chi connectivity index (χ4v) is 2.22. The van der Waals surface area contributed by atoms with Crippen LogP contribution in [-0.2, 0) is 0 Å². The molecule has 0 amide bonds. The molecule has 0 radical (unpaired) electrons. The maximum Gasteiger partial charge on any atom is 0.170 e. The molecule has 20 heavy (non-hydrogen) atoms. The molecule has 0 aliphatic rings. The van der Waals surface area contributed by atoms with Gasteiger partial charge in [0.2, 0.25) is 0 Å². The number of hydrogen-bond acceptors (Lipinski definition) is 2. The van der Waals surface area contributed by atoms with Crippen LogP contribution in [0.1, 0.15) is 17.4 Å². The van der Waals surface area contributed by atoms with Crippen LogP contribution < -0.4 is 0 Å². The van der Waals surface area contributed by atoms with Crippen molar-refractivity contribution in [2.75, 3.05) is 0 Å². The third kappa shape index (κ3) is 2.17. The second-order valence-electron chi connectivity index (χ2n) is 4.38. The van der Waals surface area contributed by atoms with Crippen LogP contribution in [0.3, 0.4) is 0 Å². The highest BCUT2D eigenvalue weighted by Gasteiger charge is 2.18. The molecule has 0 fully saturated rings. The van der Waals surface area contributed by atoms with Gasteiger partial charge in [0.1, 0.15) is 17.7 Å². The van der Waals surface area contributed by atoms with Crippen LogP contribution in [0.4, 0.5) is 8.78 Å². The van der Waals surface area contributed by atoms with Crippen molar-refractivity contribution in [3.63, 3.8) is 0 Å². The largest absolute Gasteiger partial charge is 0.455 e. The smallest absolute Gasteiger partial charge is 0.170 e. The Labute approximate surface area is 118 Å². The zero-order chi connectivity index (χ0) is 14.3. The number of aliphatic hydroxyl groups is 1. The minimum absolute atomic E-state index is 0.0785. The van der Waals surface area contributed by atoms with Gasteiger partial charge in [-0.25, -0.2) is 8.78 Å². The molecular weight excluding hydrogens is 286 g/mol. The van der Waals surface area contributed by atoms with Gasteiger partial charge in [0.05, 0.1) is 5.02 Å². The quantitative estimate of drug-likeness (QED) is 0.757. The van der Waals surface area contributed by atoms with Gasteiger partial charge in [-0.3, -0.25) is 0 Å². The first-order valence-corrected chi connectivity index (χ1v) is 6.25. The van der Waals surface area contributed by atoms with Crippen LogP contribution >= 0.6 is 11.6 Å². The molecule has 3 aromatic rings. The summed E-state index contributed by atoms with van der Waals surface area (Å²) < 4.78 is 32.0. The van der Waals surface area contributed by atoms with E-state index in [1.807, 2.05) is 0 Å². The molecule has 0 saturated carbocycles. The Morgan fingerprint density at radius 1 is 1.05 bits per heavy atom. The topological polar surface area (TPSA) is 33.4 Å². The normalized spacial score (nSPS) is 12.8. The van der Waals surface area contributed by atoms with Crippen molar-refractivity contribution < 1.29 is 18.3 Å². The van der Waals surface area contributed by atoms with Crippen molar-refractivity contribution in [2.45, 2.75) is 6.10 Å². The van der Waals surface area contributed by atoms with Gasteiger partial charge in [-0.1, -0.05) is 29.8 Å². The van der Waals surface area contributed by atoms with E-state index in [4.69, 9.17) is 16.0 Å². The Morgan fingerprint density at radius 2 is 1.85 bits per heavy atom. The number of benzene rings is 2. The van der Waals surface area contributed by atoms with Crippen molar-refractivity contribution >= 4 is 22.6 Å². The number of para-hydroxylation sites is 1. The molecule has 1 heterocycles. The lowest BCUT2D eigenvalue weighted by Gasteiger charge is -2.08. The van der Waals surface area contributed by atoms with Crippen molar-refractivity contribution in [1.29, 1.82) is 0 Å². The van der Waals surface area contributed by atoms with Gasteiger partial charge < -0.3 is 9.52 Å². The third-order valence-electron chi connectivity index (χ3n) is 3.04. The van der Waals surface area contributed by atoms with Crippen molar-refractivity contribution in [2.24, 2.45) is 0 Å². The first-order valence-electron chi connectivity index (χ1n) is 5.87. The molecule has 2 nitrogen and oxygen atoms in total. The Kier molecular flexibility index (Phi) is 3.20. The zero-order valence-electron chi connectivity index (χ0n) is 10.1. The fourth-order valence-electron chi connectivity index (χ4n) is 2.03. The third-order valence-corrected chi connectivity index (χ3v) is 3.33. The number of hydrogen-bond donors (Lipinski definition) is 1. The number of halogens is 3. The highest BCUT2D eigenvalue weighted by Crippen LogP contribution is 2.30. The second kappa shape index (κ2) is 4.89. The van der Waals surface area contributed by atoms with E-state index in [1.165, 1.54) is 18.2 Å². The number of fused-ring (bicyclic) bond motifs is 1. The standard InChI is InChI=1S/C15H9ClF2O2/c16-10-6-8(4-5-11(10)17)14(19)13-7-9-2-1-3-12(18)15(9)20-13/h1-7,14,19H. The summed E-state index contributed by atoms with van der Waals surface area (Å²) in [6, 6.07) is 9.91. The molecule has 102 valence electrons. The van der Waals surface area contributed by atoms with Crippen molar-refractivity contribution in [3.8, 4) is 0 Å². The molecule has 1 aromatic heterocycles. The van der Waals surface area contributed by atoms with Crippen molar-refractivity contribution in [3.05, 3.63) is 70.4 Å². The number of furan rings is 1. The Morgan fingerprint density at radius 3 is 2.55 bits per heavy atom. The maximum atomic E-state index is 13.5. The van der Waals surface area contributed by atoms with E-state index in [9.17, 15) is 13.9 Å². The minimum Gasteiger partial charge on any atom is -0.455 e. The molecule has 0 saturated heterocycles. The van der Waals surface area contributed by atoms with E-state index >= 15 is 0 Å². The molecule has 1 atom stereocenters. The SMILES string of the molecule is OC(c1ccc(F)c(Cl)c1)c1cc2cccc(F)c2o1. The van der Waals surface area contributed by atoms with E-state index in [0.717, 1.165) is 6.07 Å². The maximum absolute atomic E-state index is 13.5. The fraction of sp³-hybridized carbons (Fsp3) is 0.0667. The van der Waals surface area contributed by atoms with Crippen LogP contribution in [0.2, 0.25) is 5.02 Å². The first kappa shape index (κ1) is 13.1. The summed E-state index contributed by atoms with van der Waals surface area (Å²) in [4.78, 5) is 0. The molecule has 1 unspecified atom stereocenters. The highest BCUT2D eigenvalue weighted by molar-refractivity contribution is 6.30. The van der Waals surface area contributed by atoms with Crippen LogP contribution in [0.25, 0.3) is 11.0 Å². The van der Waals surface area contributed by atoms with E-state index in [0.29, 0.717) is 10.9 Å². The van der Waals surface area contributed by atoms with Crippen molar-refractivity contribution in [1.82, 2.24) is 0 Å². The van der Waals surface area contributed by atoms with Gasteiger partial charge in [-0.15, -0.1) is 0 Å². The van der Waals surface area contributed by atoms with Crippen LogP contribution in [0, 0.1) is 11.6 Å². The molecule has 5 heteroatoms. The summed E-state index contributed by atoms with van der Waals surface area (Å²) in [6.07, 6.45) is -1.14. The Bertz CT molecular complexity index is 783. The summed E-state index contributed by atoms with van der Waals surface area (Å²) in [5.41, 5.74) is 0.450. The Balaban J connectivity index is 2.05. The predicted molar refractivity (Wildman–Crippen MR) is 71.6 cm³/mol. The molecule has 0 spiro atoms. The summed E-state index contributed by atoms with van der Waals surface area (Å²) >= 11 is 5.67. The van der Waals surface area contributed by atoms with Gasteiger partial charge >= 0.3 is 0 Å². The first-order chi connectivity index (χ1) is 9.56. The summed E-state index contributed by atoms with van der Waals surface area (Å²) in [5, 5.41) is 10.7. The number of rotatable bonds is 2. The van der Waals surface area contributed by atoms with Crippen LogP contribution in [0.15, 0.2) is 46.9 Å². The van der Waals surface area contributed by atoms with Gasteiger partial charge in [0, 0.05) is 5.39 Å². The molecule has 3 rings (SSSR count). The lowest BCUT2D eigenvalue weighted by Crippen LogP contribution is -1.98. The molecule has 0 aliphatic carbocycles. The van der Waals surface area contributed by atoms with Gasteiger partial charge in [-0.2, -0.15) is 0 Å². The summed E-state index contributed by atoms with van der Waals surface area (Å²) in [5.74, 6) is -0.899. The predicted octanol–water partition coefficient (Wildman–Crippen LogP) is 4.45. The highest BCUT2D eigenvalue weighted by atomic mass is 35.5. The van der Waals surface area contributed by atoms with E-state index in [1.54, 1.807) is 18.2 Å². The second-order valence-corrected chi connectivity index (χ2v) is 4.79. The average molecular weight is 295 g/mol. The lowest BCUT2D eigenvalue weighted by atomic mass is 10.1. The van der Waals surface area contributed by atoms with Gasteiger partial charge in [0.25, 0.3) is 0 Å². The number of aliphatic hydroxyl groups excluding tert-OH is 1. The van der Waals surface area contributed by atoms with Crippen LogP contribution in [0.5, 0.6) is 0 Å². The van der Waals surface area contributed by atoms with Gasteiger partial charge in [-0.05, 0) is 29.8 Å². The van der Waals surface area contributed by atoms with Crippen LogP contribution in [-0.4, -0.2) is 5.11 Å². The average Bonchev–Trinajstić information content (AvgIpc) is 2.86.